The van der Waals surface area contributed by atoms with E-state index >= 15 is 0 Å². The van der Waals surface area contributed by atoms with Gasteiger partial charge in [-0.3, -0.25) is 4.21 Å². The van der Waals surface area contributed by atoms with Crippen molar-refractivity contribution in [2.24, 2.45) is 0 Å². The minimum atomic E-state index is -0.978. The molecule has 0 bridgehead atoms. The largest absolute Gasteiger partial charge is 0.259 e. The van der Waals surface area contributed by atoms with E-state index in [0.29, 0.717) is 17.3 Å². The highest BCUT2D eigenvalue weighted by Gasteiger charge is 2.10. The van der Waals surface area contributed by atoms with E-state index in [0.717, 1.165) is 16.3 Å². The van der Waals surface area contributed by atoms with Gasteiger partial charge in [0.25, 0.3) is 0 Å². The van der Waals surface area contributed by atoms with Crippen LogP contribution >= 0.6 is 11.3 Å². The van der Waals surface area contributed by atoms with Crippen molar-refractivity contribution in [3.63, 3.8) is 0 Å². The van der Waals surface area contributed by atoms with Gasteiger partial charge in [0.15, 0.2) is 10.8 Å². The molecule has 0 saturated carbocycles. The Morgan fingerprint density at radius 3 is 2.43 bits per heavy atom. The molecule has 0 fully saturated rings. The molecule has 4 nitrogen and oxygen atoms in total. The number of aromatic nitrogens is 3. The molecular weight excluding hydrogens is 326 g/mol. The SMILES string of the molecule is Cc1cc(C)cc(CS(=O)Cc2csc(-c3ncccn3)n2)c1. The predicted molar refractivity (Wildman–Crippen MR) is 94.6 cm³/mol. The van der Waals surface area contributed by atoms with E-state index < -0.39 is 10.8 Å². The van der Waals surface area contributed by atoms with E-state index in [1.165, 1.54) is 22.5 Å². The van der Waals surface area contributed by atoms with E-state index in [1.807, 2.05) is 5.38 Å². The van der Waals surface area contributed by atoms with Crippen molar-refractivity contribution in [1.29, 1.82) is 0 Å². The molecule has 1 aromatic carbocycles. The molecule has 2 aromatic heterocycles. The van der Waals surface area contributed by atoms with Gasteiger partial charge in [0.1, 0.15) is 0 Å². The second-order valence-corrected chi connectivity index (χ2v) is 7.76. The quantitative estimate of drug-likeness (QED) is 0.709. The lowest BCUT2D eigenvalue weighted by Gasteiger charge is -2.04. The number of benzene rings is 1. The number of rotatable bonds is 5. The molecular formula is C17H17N3OS2. The van der Waals surface area contributed by atoms with Gasteiger partial charge >= 0.3 is 0 Å². The van der Waals surface area contributed by atoms with E-state index in [1.54, 1.807) is 18.5 Å². The first-order valence-corrected chi connectivity index (χ1v) is 9.61. The average molecular weight is 343 g/mol. The van der Waals surface area contributed by atoms with Crippen molar-refractivity contribution in [2.45, 2.75) is 25.4 Å². The third kappa shape index (κ3) is 4.30. The van der Waals surface area contributed by atoms with Crippen molar-refractivity contribution < 1.29 is 4.21 Å². The zero-order valence-electron chi connectivity index (χ0n) is 13.0. The molecule has 0 aliphatic heterocycles. The molecule has 0 amide bonds. The summed E-state index contributed by atoms with van der Waals surface area (Å²) in [4.78, 5) is 12.9. The van der Waals surface area contributed by atoms with Crippen LogP contribution in [-0.4, -0.2) is 19.2 Å². The van der Waals surface area contributed by atoms with E-state index in [-0.39, 0.29) is 0 Å². The van der Waals surface area contributed by atoms with Gasteiger partial charge < -0.3 is 0 Å². The standard InChI is InChI=1S/C17H17N3OS2/c1-12-6-13(2)8-14(7-12)10-23(21)11-15-9-22-17(20-15)16-18-4-3-5-19-16/h3-9H,10-11H2,1-2H3. The Labute approximate surface area is 142 Å². The molecule has 0 radical (unpaired) electrons. The van der Waals surface area contributed by atoms with Crippen molar-refractivity contribution >= 4 is 22.1 Å². The minimum Gasteiger partial charge on any atom is -0.259 e. The first-order chi connectivity index (χ1) is 11.1. The fourth-order valence-electron chi connectivity index (χ4n) is 2.44. The third-order valence-corrected chi connectivity index (χ3v) is 5.39. The summed E-state index contributed by atoms with van der Waals surface area (Å²) in [7, 11) is -0.978. The first kappa shape index (κ1) is 16.0. The van der Waals surface area contributed by atoms with Gasteiger partial charge in [-0.25, -0.2) is 15.0 Å². The Hall–Kier alpha value is -1.92. The van der Waals surface area contributed by atoms with Crippen LogP contribution in [0.5, 0.6) is 0 Å². The van der Waals surface area contributed by atoms with Crippen LogP contribution in [0.15, 0.2) is 42.0 Å². The Bertz CT molecular complexity index is 811. The summed E-state index contributed by atoms with van der Waals surface area (Å²) in [5.41, 5.74) is 4.35. The van der Waals surface area contributed by atoms with Crippen molar-refractivity contribution in [2.75, 3.05) is 0 Å². The number of thiazole rings is 1. The second-order valence-electron chi connectivity index (χ2n) is 5.44. The molecule has 0 N–H and O–H groups in total. The molecule has 0 aliphatic rings. The summed E-state index contributed by atoms with van der Waals surface area (Å²) in [6, 6.07) is 8.08. The molecule has 0 aliphatic carbocycles. The molecule has 118 valence electrons. The number of nitrogens with zero attached hydrogens (tertiary/aromatic N) is 3. The highest BCUT2D eigenvalue weighted by molar-refractivity contribution is 7.83. The van der Waals surface area contributed by atoms with Crippen LogP contribution in [-0.2, 0) is 22.3 Å². The topological polar surface area (TPSA) is 55.7 Å². The van der Waals surface area contributed by atoms with Gasteiger partial charge in [-0.1, -0.05) is 29.3 Å². The summed E-state index contributed by atoms with van der Waals surface area (Å²) in [6.45, 7) is 4.12. The van der Waals surface area contributed by atoms with Crippen molar-refractivity contribution in [3.8, 4) is 10.8 Å². The lowest BCUT2D eigenvalue weighted by atomic mass is 10.1. The van der Waals surface area contributed by atoms with Crippen LogP contribution < -0.4 is 0 Å². The van der Waals surface area contributed by atoms with Gasteiger partial charge in [0, 0.05) is 34.3 Å². The first-order valence-electron chi connectivity index (χ1n) is 7.24. The normalized spacial score (nSPS) is 12.3. The van der Waals surface area contributed by atoms with Gasteiger partial charge in [-0.2, -0.15) is 0 Å². The van der Waals surface area contributed by atoms with Crippen LogP contribution in [0.1, 0.15) is 22.4 Å². The van der Waals surface area contributed by atoms with Crippen LogP contribution in [0.3, 0.4) is 0 Å². The van der Waals surface area contributed by atoms with Crippen LogP contribution in [0.25, 0.3) is 10.8 Å². The predicted octanol–water partition coefficient (Wildman–Crippen LogP) is 3.67. The summed E-state index contributed by atoms with van der Waals surface area (Å²) in [6.07, 6.45) is 3.39. The van der Waals surface area contributed by atoms with Crippen molar-refractivity contribution in [3.05, 3.63) is 64.4 Å². The van der Waals surface area contributed by atoms with Crippen molar-refractivity contribution in [1.82, 2.24) is 15.0 Å². The maximum Gasteiger partial charge on any atom is 0.188 e. The minimum absolute atomic E-state index is 0.455. The molecule has 2 heterocycles. The lowest BCUT2D eigenvalue weighted by Crippen LogP contribution is -2.00. The molecule has 6 heteroatoms. The Balaban J connectivity index is 1.68. The number of aryl methyl sites for hydroxylation is 2. The molecule has 0 saturated heterocycles. The number of hydrogen-bond donors (Lipinski definition) is 0. The summed E-state index contributed by atoms with van der Waals surface area (Å²) >= 11 is 1.49. The smallest absolute Gasteiger partial charge is 0.188 e. The molecule has 23 heavy (non-hydrogen) atoms. The fourth-order valence-corrected chi connectivity index (χ4v) is 4.43. The maximum absolute atomic E-state index is 12.4. The van der Waals surface area contributed by atoms with Crippen LogP contribution in [0.2, 0.25) is 0 Å². The van der Waals surface area contributed by atoms with Gasteiger partial charge in [-0.05, 0) is 25.5 Å². The molecule has 1 unspecified atom stereocenters. The van der Waals surface area contributed by atoms with E-state index in [4.69, 9.17) is 0 Å². The summed E-state index contributed by atoms with van der Waals surface area (Å²) in [5, 5.41) is 2.70. The monoisotopic (exact) mass is 343 g/mol. The Kier molecular flexibility index (Phi) is 4.93. The fraction of sp³-hybridized carbons (Fsp3) is 0.235. The average Bonchev–Trinajstić information content (AvgIpc) is 2.95. The van der Waals surface area contributed by atoms with Gasteiger partial charge in [0.05, 0.1) is 11.4 Å². The zero-order chi connectivity index (χ0) is 16.2. The van der Waals surface area contributed by atoms with E-state index in [2.05, 4.69) is 47.0 Å². The van der Waals surface area contributed by atoms with Gasteiger partial charge in [0.2, 0.25) is 0 Å². The Morgan fingerprint density at radius 2 is 1.74 bits per heavy atom. The highest BCUT2D eigenvalue weighted by atomic mass is 32.2. The lowest BCUT2D eigenvalue weighted by molar-refractivity contribution is 0.681. The third-order valence-electron chi connectivity index (χ3n) is 3.23. The maximum atomic E-state index is 12.4. The summed E-state index contributed by atoms with van der Waals surface area (Å²) in [5.74, 6) is 1.62. The molecule has 3 rings (SSSR count). The highest BCUT2D eigenvalue weighted by Crippen LogP contribution is 2.21. The second kappa shape index (κ2) is 7.10. The van der Waals surface area contributed by atoms with Crippen LogP contribution in [0.4, 0.5) is 0 Å². The van der Waals surface area contributed by atoms with Gasteiger partial charge in [-0.15, -0.1) is 11.3 Å². The summed E-state index contributed by atoms with van der Waals surface area (Å²) < 4.78 is 12.4. The van der Waals surface area contributed by atoms with Crippen LogP contribution in [0, 0.1) is 13.8 Å². The Morgan fingerprint density at radius 1 is 1.04 bits per heavy atom. The molecule has 0 spiro atoms. The molecule has 3 aromatic rings. The molecule has 1 atom stereocenters. The zero-order valence-corrected chi connectivity index (χ0v) is 14.7. The number of hydrogen-bond acceptors (Lipinski definition) is 5. The van der Waals surface area contributed by atoms with E-state index in [9.17, 15) is 4.21 Å².